The maximum Gasteiger partial charge on any atom is 0.271 e. The molecule has 0 spiro atoms. The third-order valence-electron chi connectivity index (χ3n) is 5.26. The van der Waals surface area contributed by atoms with Crippen LogP contribution in [-0.2, 0) is 11.2 Å². The van der Waals surface area contributed by atoms with Gasteiger partial charge in [0.15, 0.2) is 16.7 Å². The highest BCUT2D eigenvalue weighted by Crippen LogP contribution is 2.39. The van der Waals surface area contributed by atoms with Crippen LogP contribution in [0.25, 0.3) is 6.08 Å². The molecule has 0 bridgehead atoms. The van der Waals surface area contributed by atoms with Gasteiger partial charge in [0, 0.05) is 5.56 Å². The number of aliphatic imine (C=N–C) groups is 1. The molecule has 0 unspecified atom stereocenters. The number of para-hydroxylation sites is 2. The maximum absolute atomic E-state index is 13.6. The summed E-state index contributed by atoms with van der Waals surface area (Å²) in [7, 11) is 0. The summed E-state index contributed by atoms with van der Waals surface area (Å²) in [5.41, 5.74) is 3.32. The Hall–Kier alpha value is -4.03. The molecule has 0 aliphatic carbocycles. The van der Waals surface area contributed by atoms with Crippen molar-refractivity contribution < 1.29 is 14.3 Å². The van der Waals surface area contributed by atoms with E-state index in [2.05, 4.69) is 13.2 Å². The zero-order valence-electron chi connectivity index (χ0n) is 20.2. The van der Waals surface area contributed by atoms with Gasteiger partial charge in [0.1, 0.15) is 6.61 Å². The van der Waals surface area contributed by atoms with Crippen LogP contribution in [0.5, 0.6) is 11.5 Å². The first kappa shape index (κ1) is 25.1. The lowest BCUT2D eigenvalue weighted by molar-refractivity contribution is -0.113. The normalized spacial score (nSPS) is 15.4. The molecule has 0 N–H and O–H groups in total. The molecule has 182 valence electrons. The van der Waals surface area contributed by atoms with Crippen LogP contribution in [0, 0.1) is 0 Å². The molecule has 1 saturated heterocycles. The van der Waals surface area contributed by atoms with Gasteiger partial charge in [-0.05, 0) is 73.1 Å². The van der Waals surface area contributed by atoms with Gasteiger partial charge in [0.2, 0.25) is 0 Å². The van der Waals surface area contributed by atoms with Gasteiger partial charge in [0.25, 0.3) is 5.91 Å². The van der Waals surface area contributed by atoms with Gasteiger partial charge in [-0.2, -0.15) is 0 Å². The van der Waals surface area contributed by atoms with E-state index in [-0.39, 0.29) is 5.91 Å². The number of nitrogens with zero attached hydrogens (tertiary/aromatic N) is 2. The highest BCUT2D eigenvalue weighted by molar-refractivity contribution is 8.19. The summed E-state index contributed by atoms with van der Waals surface area (Å²) in [6.07, 6.45) is 5.99. The zero-order chi connectivity index (χ0) is 25.3. The molecule has 1 aliphatic rings. The quantitative estimate of drug-likeness (QED) is 0.220. The number of benzene rings is 3. The molecule has 36 heavy (non-hydrogen) atoms. The number of amides is 1. The fourth-order valence-corrected chi connectivity index (χ4v) is 4.76. The van der Waals surface area contributed by atoms with E-state index in [1.807, 2.05) is 91.9 Å². The Bertz CT molecular complexity index is 1300. The lowest BCUT2D eigenvalue weighted by atomic mass is 10.0. The van der Waals surface area contributed by atoms with Crippen molar-refractivity contribution >= 4 is 40.3 Å². The number of allylic oxidation sites excluding steroid dienone is 1. The zero-order valence-corrected chi connectivity index (χ0v) is 21.0. The molecule has 0 saturated carbocycles. The molecule has 0 atom stereocenters. The predicted octanol–water partition coefficient (Wildman–Crippen LogP) is 7.19. The predicted molar refractivity (Wildman–Crippen MR) is 150 cm³/mol. The van der Waals surface area contributed by atoms with Gasteiger partial charge >= 0.3 is 0 Å². The largest absolute Gasteiger partial charge is 0.490 e. The average Bonchev–Trinajstić information content (AvgIpc) is 3.19. The van der Waals surface area contributed by atoms with E-state index in [1.54, 1.807) is 11.0 Å². The topological polar surface area (TPSA) is 51.1 Å². The Labute approximate surface area is 216 Å². The van der Waals surface area contributed by atoms with Crippen LogP contribution < -0.4 is 14.4 Å². The van der Waals surface area contributed by atoms with Gasteiger partial charge < -0.3 is 9.47 Å². The van der Waals surface area contributed by atoms with E-state index in [4.69, 9.17) is 14.5 Å². The number of amidine groups is 1. The summed E-state index contributed by atoms with van der Waals surface area (Å²) in [4.78, 5) is 20.6. The van der Waals surface area contributed by atoms with Crippen molar-refractivity contribution in [3.05, 3.63) is 114 Å². The lowest BCUT2D eigenvalue weighted by Crippen LogP contribution is -2.28. The molecular weight excluding hydrogens is 468 g/mol. The van der Waals surface area contributed by atoms with Crippen molar-refractivity contribution in [2.24, 2.45) is 4.99 Å². The molecule has 5 nitrogen and oxygen atoms in total. The Morgan fingerprint density at radius 2 is 1.69 bits per heavy atom. The lowest BCUT2D eigenvalue weighted by Gasteiger charge is -2.16. The van der Waals surface area contributed by atoms with E-state index in [1.165, 1.54) is 11.8 Å². The van der Waals surface area contributed by atoms with Gasteiger partial charge in [-0.15, -0.1) is 6.58 Å². The molecule has 1 heterocycles. The SMILES string of the molecule is C=CCOc1c(CC=C)cc(/C=C2/SC(=Nc3ccccc3)N(c3ccccc3)C2=O)cc1OCC. The van der Waals surface area contributed by atoms with Crippen LogP contribution in [0.1, 0.15) is 18.1 Å². The average molecular weight is 497 g/mol. The number of hydrogen-bond donors (Lipinski definition) is 0. The third kappa shape index (κ3) is 5.78. The number of rotatable bonds is 10. The molecule has 1 amide bonds. The number of hydrogen-bond acceptors (Lipinski definition) is 5. The van der Waals surface area contributed by atoms with Crippen LogP contribution in [0.4, 0.5) is 11.4 Å². The minimum absolute atomic E-state index is 0.129. The van der Waals surface area contributed by atoms with Gasteiger partial charge in [0.05, 0.1) is 22.9 Å². The minimum atomic E-state index is -0.129. The van der Waals surface area contributed by atoms with E-state index in [9.17, 15) is 4.79 Å². The molecule has 0 radical (unpaired) electrons. The smallest absolute Gasteiger partial charge is 0.271 e. The summed E-state index contributed by atoms with van der Waals surface area (Å²) in [6.45, 7) is 10.4. The standard InChI is InChI=1S/C30H28N2O3S/c1-4-13-23-19-22(20-26(34-6-3)28(23)35-18-5-2)21-27-29(33)32(25-16-11-8-12-17-25)30(36-27)31-24-14-9-7-10-15-24/h4-5,7-12,14-17,19-21H,1-2,6,13,18H2,3H3/b27-21+,31-30?. The number of carbonyl (C=O) groups is 1. The van der Waals surface area contributed by atoms with Gasteiger partial charge in [-0.1, -0.05) is 55.1 Å². The second-order valence-corrected chi connectivity index (χ2v) is 8.86. The Balaban J connectivity index is 1.78. The number of carbonyl (C=O) groups excluding carboxylic acids is 1. The second-order valence-electron chi connectivity index (χ2n) is 7.85. The Morgan fingerprint density at radius 3 is 2.36 bits per heavy atom. The molecule has 1 fully saturated rings. The number of thioether (sulfide) groups is 1. The van der Waals surface area contributed by atoms with E-state index in [0.29, 0.717) is 41.2 Å². The maximum atomic E-state index is 13.6. The van der Waals surface area contributed by atoms with Crippen LogP contribution in [-0.4, -0.2) is 24.3 Å². The first-order valence-electron chi connectivity index (χ1n) is 11.7. The second kappa shape index (κ2) is 12.1. The van der Waals surface area contributed by atoms with E-state index in [0.717, 1.165) is 22.5 Å². The van der Waals surface area contributed by atoms with Crippen molar-refractivity contribution in [3.63, 3.8) is 0 Å². The summed E-state index contributed by atoms with van der Waals surface area (Å²) < 4.78 is 11.8. The molecule has 3 aromatic rings. The Kier molecular flexibility index (Phi) is 8.42. The van der Waals surface area contributed by atoms with Crippen molar-refractivity contribution in [2.45, 2.75) is 13.3 Å². The number of ether oxygens (including phenoxy) is 2. The Morgan fingerprint density at radius 1 is 0.972 bits per heavy atom. The highest BCUT2D eigenvalue weighted by Gasteiger charge is 2.34. The van der Waals surface area contributed by atoms with Gasteiger partial charge in [-0.3, -0.25) is 9.69 Å². The fourth-order valence-electron chi connectivity index (χ4n) is 3.76. The van der Waals surface area contributed by atoms with Crippen LogP contribution >= 0.6 is 11.8 Å². The molecule has 0 aromatic heterocycles. The highest BCUT2D eigenvalue weighted by atomic mass is 32.2. The number of anilines is 1. The van der Waals surface area contributed by atoms with E-state index >= 15 is 0 Å². The first-order valence-corrected chi connectivity index (χ1v) is 12.5. The van der Waals surface area contributed by atoms with Crippen LogP contribution in [0.2, 0.25) is 0 Å². The molecule has 6 heteroatoms. The summed E-state index contributed by atoms with van der Waals surface area (Å²) in [6, 6.07) is 23.1. The molecule has 1 aliphatic heterocycles. The van der Waals surface area contributed by atoms with Crippen molar-refractivity contribution in [1.82, 2.24) is 0 Å². The van der Waals surface area contributed by atoms with Crippen LogP contribution in [0.15, 0.2) is 108 Å². The monoisotopic (exact) mass is 496 g/mol. The van der Waals surface area contributed by atoms with Gasteiger partial charge in [-0.25, -0.2) is 4.99 Å². The summed E-state index contributed by atoms with van der Waals surface area (Å²) in [5.74, 6) is 1.16. The summed E-state index contributed by atoms with van der Waals surface area (Å²) in [5, 5.41) is 0.603. The van der Waals surface area contributed by atoms with Crippen LogP contribution in [0.3, 0.4) is 0 Å². The fraction of sp³-hybridized carbons (Fsp3) is 0.133. The molecular formula is C30H28N2O3S. The van der Waals surface area contributed by atoms with Crippen molar-refractivity contribution in [2.75, 3.05) is 18.1 Å². The minimum Gasteiger partial charge on any atom is -0.490 e. The molecule has 3 aromatic carbocycles. The molecule has 4 rings (SSSR count). The summed E-state index contributed by atoms with van der Waals surface area (Å²) >= 11 is 1.35. The van der Waals surface area contributed by atoms with Crippen molar-refractivity contribution in [1.29, 1.82) is 0 Å². The first-order chi connectivity index (χ1) is 17.6. The van der Waals surface area contributed by atoms with Crippen molar-refractivity contribution in [3.8, 4) is 11.5 Å². The third-order valence-corrected chi connectivity index (χ3v) is 6.23. The van der Waals surface area contributed by atoms with E-state index < -0.39 is 0 Å².